The number of ether oxygens (including phenoxy) is 2. The molecular weight excluding hydrogens is 475 g/mol. The molecule has 0 aliphatic heterocycles. The molecule has 184 valence electrons. The number of methoxy groups -OCH3 is 2. The van der Waals surface area contributed by atoms with Crippen LogP contribution in [0, 0.1) is 0 Å². The van der Waals surface area contributed by atoms with E-state index in [-0.39, 0.29) is 17.8 Å². The van der Waals surface area contributed by atoms with Gasteiger partial charge in [-0.15, -0.1) is 0 Å². The van der Waals surface area contributed by atoms with Crippen molar-refractivity contribution in [3.05, 3.63) is 60.3 Å². The van der Waals surface area contributed by atoms with Crippen molar-refractivity contribution in [3.63, 3.8) is 0 Å². The van der Waals surface area contributed by atoms with E-state index in [0.29, 0.717) is 28.2 Å². The van der Waals surface area contributed by atoms with Gasteiger partial charge in [0.25, 0.3) is 0 Å². The highest BCUT2D eigenvalue weighted by Crippen LogP contribution is 2.56. The number of hydrogen-bond donors (Lipinski definition) is 0. The smallest absolute Gasteiger partial charge is 0.406 e. The van der Waals surface area contributed by atoms with Crippen LogP contribution in [0.1, 0.15) is 29.4 Å². The van der Waals surface area contributed by atoms with Gasteiger partial charge in [-0.3, -0.25) is 0 Å². The highest BCUT2D eigenvalue weighted by Gasteiger charge is 2.41. The Labute approximate surface area is 202 Å². The van der Waals surface area contributed by atoms with Crippen LogP contribution in [0.4, 0.5) is 13.2 Å². The molecule has 0 bridgehead atoms. The van der Waals surface area contributed by atoms with Crippen LogP contribution in [0.3, 0.4) is 0 Å². The Kier molecular flexibility index (Phi) is 5.06. The van der Waals surface area contributed by atoms with Crippen LogP contribution in [0.2, 0.25) is 0 Å². The summed E-state index contributed by atoms with van der Waals surface area (Å²) in [5.41, 5.74) is 5.03. The van der Waals surface area contributed by atoms with Crippen LogP contribution in [-0.4, -0.2) is 54.5 Å². The third-order valence-corrected chi connectivity index (χ3v) is 6.38. The van der Waals surface area contributed by atoms with Crippen molar-refractivity contribution < 1.29 is 22.6 Å². The minimum Gasteiger partial charge on any atom is -0.480 e. The normalized spacial score (nSPS) is 17.6. The quantitative estimate of drug-likeness (QED) is 0.345. The molecule has 1 aromatic carbocycles. The number of imidazole rings is 2. The van der Waals surface area contributed by atoms with Gasteiger partial charge >= 0.3 is 12.2 Å². The Bertz CT molecular complexity index is 1590. The Balaban J connectivity index is 1.35. The highest BCUT2D eigenvalue weighted by atomic mass is 19.4. The molecular formula is C24H20F3N7O2. The summed E-state index contributed by atoms with van der Waals surface area (Å²) in [4.78, 5) is 17.2. The van der Waals surface area contributed by atoms with Gasteiger partial charge in [0.1, 0.15) is 6.54 Å². The molecule has 0 saturated heterocycles. The summed E-state index contributed by atoms with van der Waals surface area (Å²) in [6.07, 6.45) is 2.87. The van der Waals surface area contributed by atoms with Gasteiger partial charge in [0, 0.05) is 24.2 Å². The van der Waals surface area contributed by atoms with Gasteiger partial charge in [0.15, 0.2) is 5.65 Å². The molecule has 1 aliphatic rings. The van der Waals surface area contributed by atoms with Crippen LogP contribution in [0.15, 0.2) is 49.2 Å². The lowest BCUT2D eigenvalue weighted by Gasteiger charge is -2.11. The molecule has 1 aliphatic carbocycles. The van der Waals surface area contributed by atoms with Gasteiger partial charge in [0.2, 0.25) is 5.88 Å². The molecule has 0 radical (unpaired) electrons. The second-order valence-electron chi connectivity index (χ2n) is 8.64. The lowest BCUT2D eigenvalue weighted by Crippen LogP contribution is -2.16. The molecule has 4 aromatic heterocycles. The molecule has 0 amide bonds. The summed E-state index contributed by atoms with van der Waals surface area (Å²) < 4.78 is 52.0. The fourth-order valence-electron chi connectivity index (χ4n) is 4.66. The number of aromatic nitrogens is 7. The predicted molar refractivity (Wildman–Crippen MR) is 123 cm³/mol. The highest BCUT2D eigenvalue weighted by molar-refractivity contribution is 5.77. The summed E-state index contributed by atoms with van der Waals surface area (Å²) in [5, 5.41) is 4.66. The average Bonchev–Trinajstić information content (AvgIpc) is 3.35. The molecule has 1 saturated carbocycles. The monoisotopic (exact) mass is 495 g/mol. The summed E-state index contributed by atoms with van der Waals surface area (Å²) in [6.45, 7) is -1.06. The second kappa shape index (κ2) is 8.18. The zero-order valence-electron chi connectivity index (χ0n) is 19.3. The third kappa shape index (κ3) is 3.88. The van der Waals surface area contributed by atoms with Crippen molar-refractivity contribution in [1.29, 1.82) is 0 Å². The van der Waals surface area contributed by atoms with E-state index in [1.54, 1.807) is 29.2 Å². The van der Waals surface area contributed by atoms with Crippen LogP contribution < -0.4 is 9.47 Å². The Hall–Kier alpha value is -4.22. The minimum atomic E-state index is -4.31. The maximum Gasteiger partial charge on any atom is 0.406 e. The summed E-state index contributed by atoms with van der Waals surface area (Å²) in [7, 11) is 3.00. The number of fused-ring (bicyclic) bond motifs is 2. The predicted octanol–water partition coefficient (Wildman–Crippen LogP) is 4.39. The van der Waals surface area contributed by atoms with Gasteiger partial charge in [-0.25, -0.2) is 19.5 Å². The van der Waals surface area contributed by atoms with E-state index in [2.05, 4.69) is 25.0 Å². The maximum absolute atomic E-state index is 12.9. The van der Waals surface area contributed by atoms with Crippen LogP contribution in [0.5, 0.6) is 11.9 Å². The number of nitrogens with zero attached hydrogens (tertiary/aromatic N) is 7. The summed E-state index contributed by atoms with van der Waals surface area (Å²) >= 11 is 0. The summed E-state index contributed by atoms with van der Waals surface area (Å²) in [6, 6.07) is 7.62. The van der Waals surface area contributed by atoms with Gasteiger partial charge in [-0.1, -0.05) is 6.07 Å². The molecule has 0 N–H and O–H groups in total. The zero-order chi connectivity index (χ0) is 25.0. The molecule has 0 spiro atoms. The number of alkyl halides is 3. The van der Waals surface area contributed by atoms with Crippen LogP contribution in [-0.2, 0) is 6.54 Å². The van der Waals surface area contributed by atoms with E-state index in [4.69, 9.17) is 9.47 Å². The van der Waals surface area contributed by atoms with Crippen molar-refractivity contribution >= 4 is 16.7 Å². The van der Waals surface area contributed by atoms with Crippen molar-refractivity contribution in [2.75, 3.05) is 14.2 Å². The second-order valence-corrected chi connectivity index (χ2v) is 8.64. The number of hydrogen-bond acceptors (Lipinski definition) is 7. The van der Waals surface area contributed by atoms with Crippen molar-refractivity contribution in [2.45, 2.75) is 31.0 Å². The fourth-order valence-corrected chi connectivity index (χ4v) is 4.66. The van der Waals surface area contributed by atoms with E-state index in [9.17, 15) is 13.2 Å². The zero-order valence-corrected chi connectivity index (χ0v) is 19.3. The molecule has 4 heterocycles. The first-order valence-electron chi connectivity index (χ1n) is 11.2. The van der Waals surface area contributed by atoms with E-state index < -0.39 is 12.7 Å². The molecule has 36 heavy (non-hydrogen) atoms. The first-order valence-corrected chi connectivity index (χ1v) is 11.2. The standard InChI is InChI=1S/C24H20F3N7O2/c1-35-22-17(10-29-23(31-22)36-2)18-9-16(21-28-5-6-34(21)32-18)15-8-14(15)13-3-4-20-19(7-13)30-12-33(20)11-24(25,26)27/h3-7,9-10,12,14-15H,8,11H2,1-2H3/t14-,15+/m1/s1. The van der Waals surface area contributed by atoms with Gasteiger partial charge in [-0.2, -0.15) is 23.3 Å². The third-order valence-electron chi connectivity index (χ3n) is 6.38. The first-order chi connectivity index (χ1) is 17.3. The number of rotatable bonds is 6. The van der Waals surface area contributed by atoms with Gasteiger partial charge < -0.3 is 14.0 Å². The largest absolute Gasteiger partial charge is 0.480 e. The van der Waals surface area contributed by atoms with E-state index in [1.165, 1.54) is 20.5 Å². The fraction of sp³-hybridized carbons (Fsp3) is 0.292. The SMILES string of the molecule is COc1ncc(-c2cc([C@H]3C[C@@H]3c3ccc4c(c3)ncn4CC(F)(F)F)c3nccn3n2)c(OC)n1. The molecule has 12 heteroatoms. The molecule has 1 fully saturated rings. The number of benzene rings is 1. The van der Waals surface area contributed by atoms with Gasteiger partial charge in [0.05, 0.1) is 42.8 Å². The van der Waals surface area contributed by atoms with Crippen molar-refractivity contribution in [2.24, 2.45) is 0 Å². The lowest BCUT2D eigenvalue weighted by molar-refractivity contribution is -0.139. The molecule has 5 aromatic rings. The molecule has 2 atom stereocenters. The Morgan fingerprint density at radius 2 is 1.92 bits per heavy atom. The first kappa shape index (κ1) is 22.3. The molecule has 6 rings (SSSR count). The van der Waals surface area contributed by atoms with Crippen molar-refractivity contribution in [3.8, 4) is 23.1 Å². The van der Waals surface area contributed by atoms with Crippen LogP contribution in [0.25, 0.3) is 27.9 Å². The van der Waals surface area contributed by atoms with E-state index in [1.807, 2.05) is 18.2 Å². The topological polar surface area (TPSA) is 92.3 Å². The van der Waals surface area contributed by atoms with Crippen LogP contribution >= 0.6 is 0 Å². The Morgan fingerprint density at radius 3 is 2.69 bits per heavy atom. The number of halogens is 3. The Morgan fingerprint density at radius 1 is 1.06 bits per heavy atom. The molecule has 0 unspecified atom stereocenters. The van der Waals surface area contributed by atoms with Crippen molar-refractivity contribution in [1.82, 2.24) is 34.1 Å². The van der Waals surface area contributed by atoms with E-state index >= 15 is 0 Å². The molecule has 9 nitrogen and oxygen atoms in total. The maximum atomic E-state index is 12.9. The minimum absolute atomic E-state index is 0.163. The summed E-state index contributed by atoms with van der Waals surface area (Å²) in [5.74, 6) is 0.690. The average molecular weight is 495 g/mol. The van der Waals surface area contributed by atoms with Gasteiger partial charge in [-0.05, 0) is 42.0 Å². The lowest BCUT2D eigenvalue weighted by atomic mass is 10.0. The van der Waals surface area contributed by atoms with E-state index in [0.717, 1.165) is 27.8 Å².